The number of nitrogens with zero attached hydrogens (tertiary/aromatic N) is 2. The zero-order valence-corrected chi connectivity index (χ0v) is 13.2. The molecule has 0 aliphatic heterocycles. The van der Waals surface area contributed by atoms with Crippen molar-refractivity contribution in [3.8, 4) is 6.07 Å². The third-order valence-electron chi connectivity index (χ3n) is 3.37. The van der Waals surface area contributed by atoms with E-state index in [9.17, 15) is 4.79 Å². The summed E-state index contributed by atoms with van der Waals surface area (Å²) in [6, 6.07) is 12.6. The monoisotopic (exact) mass is 354 g/mol. The number of hydrogen-bond donors (Lipinski definition) is 2. The number of fused-ring (bicyclic) bond motifs is 1. The first-order valence-corrected chi connectivity index (χ1v) is 7.34. The van der Waals surface area contributed by atoms with Gasteiger partial charge >= 0.3 is 0 Å². The molecule has 2 aromatic carbocycles. The lowest BCUT2D eigenvalue weighted by atomic mass is 10.1. The smallest absolute Gasteiger partial charge is 0.256 e. The van der Waals surface area contributed by atoms with Crippen LogP contribution in [0.1, 0.15) is 21.6 Å². The predicted octanol–water partition coefficient (Wildman–Crippen LogP) is 3.76. The molecule has 1 amide bonds. The van der Waals surface area contributed by atoms with E-state index in [1.165, 1.54) is 0 Å². The Labute approximate surface area is 135 Å². The molecule has 0 radical (unpaired) electrons. The van der Waals surface area contributed by atoms with E-state index in [-0.39, 0.29) is 5.91 Å². The van der Waals surface area contributed by atoms with E-state index < -0.39 is 0 Å². The molecule has 2 N–H and O–H groups in total. The van der Waals surface area contributed by atoms with Gasteiger partial charge in [-0.1, -0.05) is 6.07 Å². The molecule has 1 aromatic heterocycles. The summed E-state index contributed by atoms with van der Waals surface area (Å²) in [4.78, 5) is 12.4. The Morgan fingerprint density at radius 1 is 1.36 bits per heavy atom. The quantitative estimate of drug-likeness (QED) is 0.734. The van der Waals surface area contributed by atoms with E-state index in [4.69, 9.17) is 5.26 Å². The number of carbonyl (C=O) groups excluding carboxylic acids is 1. The fraction of sp³-hybridized carbons (Fsp3) is 0.0625. The lowest BCUT2D eigenvalue weighted by Crippen LogP contribution is -2.13. The first kappa shape index (κ1) is 14.3. The molecule has 0 aliphatic carbocycles. The highest BCUT2D eigenvalue weighted by Gasteiger charge is 2.13. The number of H-pyrrole nitrogens is 1. The van der Waals surface area contributed by atoms with Gasteiger partial charge in [0.15, 0.2) is 0 Å². The summed E-state index contributed by atoms with van der Waals surface area (Å²) in [5.74, 6) is -0.274. The Morgan fingerprint density at radius 3 is 2.95 bits per heavy atom. The highest BCUT2D eigenvalue weighted by atomic mass is 79.9. The fourth-order valence-corrected chi connectivity index (χ4v) is 2.74. The summed E-state index contributed by atoms with van der Waals surface area (Å²) in [6.07, 6.45) is 0. The number of rotatable bonds is 2. The average molecular weight is 355 g/mol. The number of nitriles is 1. The molecule has 0 saturated heterocycles. The molecule has 0 spiro atoms. The van der Waals surface area contributed by atoms with Crippen molar-refractivity contribution in [2.45, 2.75) is 6.92 Å². The molecule has 3 aromatic rings. The van der Waals surface area contributed by atoms with Crippen LogP contribution in [0.15, 0.2) is 40.9 Å². The largest absolute Gasteiger partial charge is 0.322 e. The van der Waals surface area contributed by atoms with Gasteiger partial charge in [0.2, 0.25) is 0 Å². The predicted molar refractivity (Wildman–Crippen MR) is 87.6 cm³/mol. The molecule has 5 nitrogen and oxygen atoms in total. The van der Waals surface area contributed by atoms with Crippen LogP contribution in [0.4, 0.5) is 5.69 Å². The minimum atomic E-state index is -0.274. The van der Waals surface area contributed by atoms with Gasteiger partial charge in [-0.15, -0.1) is 0 Å². The van der Waals surface area contributed by atoms with Crippen molar-refractivity contribution in [2.75, 3.05) is 5.32 Å². The van der Waals surface area contributed by atoms with Gasteiger partial charge in [-0.3, -0.25) is 9.89 Å². The zero-order valence-electron chi connectivity index (χ0n) is 11.6. The van der Waals surface area contributed by atoms with E-state index in [0.717, 1.165) is 16.6 Å². The lowest BCUT2D eigenvalue weighted by molar-refractivity contribution is 0.102. The van der Waals surface area contributed by atoms with E-state index in [0.29, 0.717) is 21.3 Å². The van der Waals surface area contributed by atoms with Crippen LogP contribution in [-0.2, 0) is 0 Å². The Morgan fingerprint density at radius 2 is 2.18 bits per heavy atom. The number of aromatic nitrogens is 2. The molecule has 0 fully saturated rings. The number of aromatic amines is 1. The molecule has 108 valence electrons. The second kappa shape index (κ2) is 5.62. The lowest BCUT2D eigenvalue weighted by Gasteiger charge is -2.08. The van der Waals surface area contributed by atoms with E-state index in [2.05, 4.69) is 31.4 Å². The van der Waals surface area contributed by atoms with Gasteiger partial charge in [0.1, 0.15) is 6.07 Å². The summed E-state index contributed by atoms with van der Waals surface area (Å²) >= 11 is 3.30. The van der Waals surface area contributed by atoms with Crippen LogP contribution < -0.4 is 5.32 Å². The maximum atomic E-state index is 12.4. The summed E-state index contributed by atoms with van der Waals surface area (Å²) < 4.78 is 0.496. The minimum absolute atomic E-state index is 0.274. The number of hydrogen-bond acceptors (Lipinski definition) is 3. The Bertz CT molecular complexity index is 924. The molecule has 22 heavy (non-hydrogen) atoms. The molecule has 0 atom stereocenters. The van der Waals surface area contributed by atoms with Crippen molar-refractivity contribution in [3.05, 3.63) is 57.7 Å². The van der Waals surface area contributed by atoms with Crippen molar-refractivity contribution in [2.24, 2.45) is 0 Å². The Hall–Kier alpha value is -2.65. The number of halogens is 1. The van der Waals surface area contributed by atoms with Crippen LogP contribution >= 0.6 is 15.9 Å². The van der Waals surface area contributed by atoms with Crippen LogP contribution in [0, 0.1) is 18.3 Å². The standard InChI is InChI=1S/C16H11BrN4O/c1-9-13-7-11(5-6-14(13)21-20-9)19-16(22)12-4-2-3-10(8-18)15(12)17/h2-7H,1H3,(H,19,22)(H,20,21). The van der Waals surface area contributed by atoms with Crippen LogP contribution in [0.3, 0.4) is 0 Å². The van der Waals surface area contributed by atoms with Gasteiger partial charge in [-0.05, 0) is 53.2 Å². The first-order valence-electron chi connectivity index (χ1n) is 6.55. The van der Waals surface area contributed by atoms with Crippen molar-refractivity contribution < 1.29 is 4.79 Å². The molecule has 1 heterocycles. The molecule has 3 rings (SSSR count). The van der Waals surface area contributed by atoms with Crippen LogP contribution in [0.25, 0.3) is 10.9 Å². The normalized spacial score (nSPS) is 10.4. The van der Waals surface area contributed by atoms with Crippen LogP contribution in [0.2, 0.25) is 0 Å². The number of carbonyl (C=O) groups is 1. The number of benzene rings is 2. The molecule has 0 bridgehead atoms. The third-order valence-corrected chi connectivity index (χ3v) is 4.22. The molecule has 6 heteroatoms. The number of aryl methyl sites for hydroxylation is 1. The number of anilines is 1. The number of amides is 1. The Balaban J connectivity index is 1.93. The third kappa shape index (κ3) is 2.47. The molecular weight excluding hydrogens is 344 g/mol. The zero-order chi connectivity index (χ0) is 15.7. The summed E-state index contributed by atoms with van der Waals surface area (Å²) in [5.41, 5.74) is 3.31. The van der Waals surface area contributed by atoms with E-state index >= 15 is 0 Å². The van der Waals surface area contributed by atoms with Gasteiger partial charge in [0, 0.05) is 21.2 Å². The highest BCUT2D eigenvalue weighted by molar-refractivity contribution is 9.10. The van der Waals surface area contributed by atoms with Crippen molar-refractivity contribution in [1.29, 1.82) is 5.26 Å². The van der Waals surface area contributed by atoms with Gasteiger partial charge < -0.3 is 5.32 Å². The minimum Gasteiger partial charge on any atom is -0.322 e. The Kier molecular flexibility index (Phi) is 3.65. The maximum absolute atomic E-state index is 12.4. The van der Waals surface area contributed by atoms with Gasteiger partial charge in [-0.2, -0.15) is 10.4 Å². The van der Waals surface area contributed by atoms with Gasteiger partial charge in [0.05, 0.1) is 16.6 Å². The summed E-state index contributed by atoms with van der Waals surface area (Å²) in [6.45, 7) is 1.92. The summed E-state index contributed by atoms with van der Waals surface area (Å²) in [7, 11) is 0. The maximum Gasteiger partial charge on any atom is 0.256 e. The highest BCUT2D eigenvalue weighted by Crippen LogP contribution is 2.24. The fourth-order valence-electron chi connectivity index (χ4n) is 2.21. The summed E-state index contributed by atoms with van der Waals surface area (Å²) in [5, 5.41) is 19.9. The second-order valence-corrected chi connectivity index (χ2v) is 5.61. The molecule has 0 saturated carbocycles. The van der Waals surface area contributed by atoms with Crippen LogP contribution in [0.5, 0.6) is 0 Å². The van der Waals surface area contributed by atoms with E-state index in [1.807, 2.05) is 25.1 Å². The van der Waals surface area contributed by atoms with Crippen LogP contribution in [-0.4, -0.2) is 16.1 Å². The van der Waals surface area contributed by atoms with Crippen molar-refractivity contribution in [1.82, 2.24) is 10.2 Å². The first-order chi connectivity index (χ1) is 10.6. The second-order valence-electron chi connectivity index (χ2n) is 4.81. The van der Waals surface area contributed by atoms with E-state index in [1.54, 1.807) is 24.3 Å². The number of nitrogens with one attached hydrogen (secondary N) is 2. The molecular formula is C16H11BrN4O. The average Bonchev–Trinajstić information content (AvgIpc) is 2.88. The molecule has 0 aliphatic rings. The molecule has 0 unspecified atom stereocenters. The van der Waals surface area contributed by atoms with Crippen molar-refractivity contribution >= 4 is 38.4 Å². The van der Waals surface area contributed by atoms with Crippen molar-refractivity contribution in [3.63, 3.8) is 0 Å². The van der Waals surface area contributed by atoms with Gasteiger partial charge in [-0.25, -0.2) is 0 Å². The topological polar surface area (TPSA) is 81.6 Å². The van der Waals surface area contributed by atoms with Gasteiger partial charge in [0.25, 0.3) is 5.91 Å². The SMILES string of the molecule is Cc1[nH]nc2ccc(NC(=O)c3cccc(C#N)c3Br)cc12.